The Morgan fingerprint density at radius 2 is 2.00 bits per heavy atom. The van der Waals surface area contributed by atoms with Gasteiger partial charge in [0.25, 0.3) is 0 Å². The van der Waals surface area contributed by atoms with Crippen LogP contribution in [0.4, 0.5) is 14.5 Å². The summed E-state index contributed by atoms with van der Waals surface area (Å²) in [5, 5.41) is 5.12. The van der Waals surface area contributed by atoms with Crippen molar-refractivity contribution in [1.29, 1.82) is 0 Å². The monoisotopic (exact) mass is 347 g/mol. The van der Waals surface area contributed by atoms with Crippen molar-refractivity contribution in [2.24, 2.45) is 0 Å². The molecular formula is C12H8BrF2NO2S. The van der Waals surface area contributed by atoms with E-state index in [2.05, 4.69) is 30.7 Å². The van der Waals surface area contributed by atoms with Crippen LogP contribution in [-0.4, -0.2) is 6.29 Å². The van der Waals surface area contributed by atoms with Crippen LogP contribution in [0.1, 0.15) is 4.88 Å². The fourth-order valence-corrected chi connectivity index (χ4v) is 3.12. The molecule has 0 radical (unpaired) electrons. The Kier molecular flexibility index (Phi) is 3.10. The number of hydrogen-bond donors (Lipinski definition) is 1. The quantitative estimate of drug-likeness (QED) is 0.889. The van der Waals surface area contributed by atoms with Gasteiger partial charge < -0.3 is 14.8 Å². The molecule has 100 valence electrons. The van der Waals surface area contributed by atoms with Gasteiger partial charge in [-0.25, -0.2) is 0 Å². The average Bonchev–Trinajstić information content (AvgIpc) is 2.87. The molecule has 3 rings (SSSR count). The van der Waals surface area contributed by atoms with E-state index in [0.717, 1.165) is 9.35 Å². The first-order chi connectivity index (χ1) is 9.03. The Labute approximate surface area is 120 Å². The van der Waals surface area contributed by atoms with Gasteiger partial charge >= 0.3 is 6.29 Å². The summed E-state index contributed by atoms with van der Waals surface area (Å²) in [6.07, 6.45) is -3.57. The van der Waals surface area contributed by atoms with Gasteiger partial charge in [-0.2, -0.15) is 0 Å². The molecule has 0 amide bonds. The van der Waals surface area contributed by atoms with Crippen molar-refractivity contribution in [3.8, 4) is 11.5 Å². The molecule has 2 heterocycles. The van der Waals surface area contributed by atoms with Crippen LogP contribution < -0.4 is 14.8 Å². The first-order valence-corrected chi connectivity index (χ1v) is 7.06. The highest BCUT2D eigenvalue weighted by Gasteiger charge is 2.43. The molecule has 3 nitrogen and oxygen atoms in total. The van der Waals surface area contributed by atoms with E-state index in [9.17, 15) is 8.78 Å². The third-order valence-corrected chi connectivity index (χ3v) is 4.47. The van der Waals surface area contributed by atoms with E-state index in [0.29, 0.717) is 12.2 Å². The Morgan fingerprint density at radius 1 is 1.21 bits per heavy atom. The maximum absolute atomic E-state index is 12.9. The Bertz CT molecular complexity index is 618. The lowest BCUT2D eigenvalue weighted by Gasteiger charge is -2.06. The summed E-state index contributed by atoms with van der Waals surface area (Å²) in [5.74, 6) is 0.0908. The molecule has 7 heteroatoms. The van der Waals surface area contributed by atoms with Crippen molar-refractivity contribution >= 4 is 33.0 Å². The molecular weight excluding hydrogens is 340 g/mol. The molecule has 1 aliphatic heterocycles. The molecule has 0 fully saturated rings. The molecule has 1 N–H and O–H groups in total. The van der Waals surface area contributed by atoms with Crippen molar-refractivity contribution in [2.45, 2.75) is 12.8 Å². The van der Waals surface area contributed by atoms with Gasteiger partial charge in [-0.1, -0.05) is 0 Å². The highest BCUT2D eigenvalue weighted by Crippen LogP contribution is 2.42. The van der Waals surface area contributed by atoms with Gasteiger partial charge in [0.05, 0.1) is 6.54 Å². The van der Waals surface area contributed by atoms with Crippen LogP contribution in [0.2, 0.25) is 0 Å². The first kappa shape index (κ1) is 12.7. The third kappa shape index (κ3) is 2.66. The van der Waals surface area contributed by atoms with Crippen LogP contribution in [0.25, 0.3) is 0 Å². The zero-order valence-electron chi connectivity index (χ0n) is 9.45. The summed E-state index contributed by atoms with van der Waals surface area (Å²) in [6.45, 7) is 0.605. The summed E-state index contributed by atoms with van der Waals surface area (Å²) >= 11 is 5.04. The molecule has 0 unspecified atom stereocenters. The van der Waals surface area contributed by atoms with Gasteiger partial charge in [-0.3, -0.25) is 0 Å². The van der Waals surface area contributed by atoms with E-state index in [1.54, 1.807) is 17.4 Å². The van der Waals surface area contributed by atoms with E-state index < -0.39 is 6.29 Å². The molecule has 19 heavy (non-hydrogen) atoms. The average molecular weight is 348 g/mol. The van der Waals surface area contributed by atoms with Crippen LogP contribution in [0.3, 0.4) is 0 Å². The molecule has 0 atom stereocenters. The number of hydrogen-bond acceptors (Lipinski definition) is 4. The number of anilines is 1. The maximum atomic E-state index is 12.9. The van der Waals surface area contributed by atoms with Gasteiger partial charge in [0.1, 0.15) is 0 Å². The van der Waals surface area contributed by atoms with Gasteiger partial charge in [0.15, 0.2) is 11.5 Å². The molecule has 0 bridgehead atoms. The summed E-state index contributed by atoms with van der Waals surface area (Å²) in [7, 11) is 0. The number of benzene rings is 1. The van der Waals surface area contributed by atoms with E-state index in [4.69, 9.17) is 0 Å². The molecule has 2 aromatic rings. The van der Waals surface area contributed by atoms with Gasteiger partial charge in [-0.15, -0.1) is 20.1 Å². The molecule has 0 saturated heterocycles. The highest BCUT2D eigenvalue weighted by atomic mass is 79.9. The number of thiophene rings is 1. The molecule has 1 aromatic carbocycles. The summed E-state index contributed by atoms with van der Waals surface area (Å²) in [5.41, 5.74) is 0.695. The van der Waals surface area contributed by atoms with Crippen molar-refractivity contribution in [3.63, 3.8) is 0 Å². The molecule has 0 spiro atoms. The zero-order valence-corrected chi connectivity index (χ0v) is 11.9. The third-order valence-electron chi connectivity index (χ3n) is 2.55. The Hall–Kier alpha value is -1.34. The van der Waals surface area contributed by atoms with Crippen LogP contribution in [-0.2, 0) is 6.54 Å². The highest BCUT2D eigenvalue weighted by molar-refractivity contribution is 9.10. The number of rotatable bonds is 3. The fourth-order valence-electron chi connectivity index (χ4n) is 1.69. The van der Waals surface area contributed by atoms with Crippen molar-refractivity contribution in [1.82, 2.24) is 0 Å². The summed E-state index contributed by atoms with van der Waals surface area (Å²) < 4.78 is 35.5. The smallest absolute Gasteiger partial charge is 0.395 e. The maximum Gasteiger partial charge on any atom is 0.586 e. The van der Waals surface area contributed by atoms with Crippen LogP contribution in [0.15, 0.2) is 34.1 Å². The number of ether oxygens (including phenoxy) is 2. The van der Waals surface area contributed by atoms with Crippen LogP contribution >= 0.6 is 27.3 Å². The minimum Gasteiger partial charge on any atom is -0.395 e. The minimum absolute atomic E-state index is 0.0419. The van der Waals surface area contributed by atoms with Crippen molar-refractivity contribution in [3.05, 3.63) is 39.0 Å². The molecule has 0 aliphatic carbocycles. The predicted octanol–water partition coefficient (Wildman–Crippen LogP) is 4.44. The SMILES string of the molecule is FC1(F)Oc2ccc(NCc3sccc3Br)cc2O1. The van der Waals surface area contributed by atoms with Crippen molar-refractivity contribution in [2.75, 3.05) is 5.32 Å². The molecule has 1 aliphatic rings. The van der Waals surface area contributed by atoms with Crippen molar-refractivity contribution < 1.29 is 18.3 Å². The Morgan fingerprint density at radius 3 is 2.74 bits per heavy atom. The van der Waals surface area contributed by atoms with Crippen LogP contribution in [0.5, 0.6) is 11.5 Å². The first-order valence-electron chi connectivity index (χ1n) is 5.39. The van der Waals surface area contributed by atoms with E-state index in [1.165, 1.54) is 12.1 Å². The second-order valence-electron chi connectivity index (χ2n) is 3.87. The topological polar surface area (TPSA) is 30.5 Å². The van der Waals surface area contributed by atoms with Gasteiger partial charge in [-0.05, 0) is 39.5 Å². The predicted molar refractivity (Wildman–Crippen MR) is 72.0 cm³/mol. The second kappa shape index (κ2) is 4.64. The number of alkyl halides is 2. The largest absolute Gasteiger partial charge is 0.586 e. The second-order valence-corrected chi connectivity index (χ2v) is 5.73. The lowest BCUT2D eigenvalue weighted by atomic mass is 10.3. The molecule has 1 aromatic heterocycles. The van der Waals surface area contributed by atoms with Gasteiger partial charge in [0.2, 0.25) is 0 Å². The van der Waals surface area contributed by atoms with Crippen LogP contribution in [0, 0.1) is 0 Å². The summed E-state index contributed by atoms with van der Waals surface area (Å²) in [6, 6.07) is 6.59. The van der Waals surface area contributed by atoms with Gasteiger partial charge in [0, 0.05) is 21.1 Å². The Balaban J connectivity index is 1.72. The standard InChI is InChI=1S/C12H8BrF2NO2S/c13-8-3-4-19-11(8)6-16-7-1-2-9-10(5-7)18-12(14,15)17-9/h1-5,16H,6H2. The molecule has 0 saturated carbocycles. The van der Waals surface area contributed by atoms with E-state index >= 15 is 0 Å². The number of fused-ring (bicyclic) bond motifs is 1. The minimum atomic E-state index is -3.57. The number of halogens is 3. The zero-order chi connectivity index (χ0) is 13.5. The lowest BCUT2D eigenvalue weighted by molar-refractivity contribution is -0.286. The number of nitrogens with one attached hydrogen (secondary N) is 1. The normalized spacial score (nSPS) is 15.5. The fraction of sp³-hybridized carbons (Fsp3) is 0.167. The van der Waals surface area contributed by atoms with E-state index in [1.807, 2.05) is 11.4 Å². The van der Waals surface area contributed by atoms with E-state index in [-0.39, 0.29) is 11.5 Å². The summed E-state index contributed by atoms with van der Waals surface area (Å²) in [4.78, 5) is 1.13. The lowest BCUT2D eigenvalue weighted by Crippen LogP contribution is -2.25.